The van der Waals surface area contributed by atoms with Gasteiger partial charge in [-0.2, -0.15) is 0 Å². The summed E-state index contributed by atoms with van der Waals surface area (Å²) in [6.45, 7) is 16.8. The minimum Gasteiger partial charge on any atom is -0.465 e. The number of benzene rings is 1. The van der Waals surface area contributed by atoms with E-state index in [-0.39, 0.29) is 17.2 Å². The molecule has 3 N–H and O–H groups in total. The van der Waals surface area contributed by atoms with Crippen LogP contribution < -0.4 is 10.6 Å². The molecule has 8 heteroatoms. The van der Waals surface area contributed by atoms with Crippen molar-refractivity contribution in [1.82, 2.24) is 10.6 Å². The van der Waals surface area contributed by atoms with E-state index in [2.05, 4.69) is 44.5 Å². The molecule has 0 unspecified atom stereocenters. The predicted octanol–water partition coefficient (Wildman–Crippen LogP) is 6.12. The van der Waals surface area contributed by atoms with Gasteiger partial charge >= 0.3 is 12.2 Å². The van der Waals surface area contributed by atoms with E-state index in [1.807, 2.05) is 63.3 Å². The van der Waals surface area contributed by atoms with Crippen molar-refractivity contribution < 1.29 is 23.9 Å². The summed E-state index contributed by atoms with van der Waals surface area (Å²) in [6, 6.07) is 9.67. The number of nitrogens with one attached hydrogen (secondary N) is 2. The van der Waals surface area contributed by atoms with Gasteiger partial charge in [0.15, 0.2) is 8.32 Å². The second-order valence-corrected chi connectivity index (χ2v) is 15.8. The van der Waals surface area contributed by atoms with E-state index in [0.29, 0.717) is 25.8 Å². The molecule has 0 heterocycles. The molecular weight excluding hydrogens is 448 g/mol. The van der Waals surface area contributed by atoms with E-state index >= 15 is 0 Å². The molecule has 0 aromatic heterocycles. The van der Waals surface area contributed by atoms with Crippen LogP contribution in [0.15, 0.2) is 42.5 Å². The normalized spacial score (nSPS) is 14.5. The predicted molar refractivity (Wildman–Crippen MR) is 140 cm³/mol. The highest BCUT2D eigenvalue weighted by Crippen LogP contribution is 2.38. The molecule has 1 aromatic carbocycles. The Hall–Kier alpha value is -2.32. The summed E-state index contributed by atoms with van der Waals surface area (Å²) in [5, 5.41) is 14.2. The first-order valence-corrected chi connectivity index (χ1v) is 14.9. The molecule has 0 saturated heterocycles. The number of rotatable bonds is 11. The fourth-order valence-electron chi connectivity index (χ4n) is 2.99. The SMILES string of the molecule is CC(C)(C)OC(=O)N[C@@H](Cc1ccccc1)[C@@H](/C=C/CCCNC(=O)O)O[Si](C)(C)C(C)(C)C. The van der Waals surface area contributed by atoms with Crippen LogP contribution in [-0.4, -0.2) is 49.9 Å². The molecule has 0 aliphatic heterocycles. The van der Waals surface area contributed by atoms with E-state index in [1.54, 1.807) is 0 Å². The molecule has 0 saturated carbocycles. The second kappa shape index (κ2) is 12.9. The fraction of sp³-hybridized carbons (Fsp3) is 0.615. The monoisotopic (exact) mass is 492 g/mol. The molecule has 0 fully saturated rings. The van der Waals surface area contributed by atoms with Crippen molar-refractivity contribution in [2.75, 3.05) is 6.54 Å². The minimum absolute atomic E-state index is 0.00624. The average molecular weight is 493 g/mol. The highest BCUT2D eigenvalue weighted by Gasteiger charge is 2.40. The first-order chi connectivity index (χ1) is 15.6. The summed E-state index contributed by atoms with van der Waals surface area (Å²) in [5.41, 5.74) is 0.482. The van der Waals surface area contributed by atoms with Gasteiger partial charge in [-0.25, -0.2) is 9.59 Å². The van der Waals surface area contributed by atoms with Gasteiger partial charge in [0, 0.05) is 6.54 Å². The molecule has 0 radical (unpaired) electrons. The summed E-state index contributed by atoms with van der Waals surface area (Å²) in [5.74, 6) is 0. The molecule has 1 rings (SSSR count). The van der Waals surface area contributed by atoms with Gasteiger partial charge in [-0.3, -0.25) is 0 Å². The van der Waals surface area contributed by atoms with Gasteiger partial charge in [-0.1, -0.05) is 63.3 Å². The van der Waals surface area contributed by atoms with E-state index in [0.717, 1.165) is 5.56 Å². The number of alkyl carbamates (subject to hydrolysis) is 1. The maximum absolute atomic E-state index is 12.7. The van der Waals surface area contributed by atoms with Gasteiger partial charge < -0.3 is 24.9 Å². The summed E-state index contributed by atoms with van der Waals surface area (Å²) >= 11 is 0. The first kappa shape index (κ1) is 29.7. The van der Waals surface area contributed by atoms with Gasteiger partial charge in [-0.15, -0.1) is 0 Å². The van der Waals surface area contributed by atoms with Crippen molar-refractivity contribution in [3.8, 4) is 0 Å². The molecule has 1 aromatic rings. The Morgan fingerprint density at radius 1 is 1.09 bits per heavy atom. The molecule has 2 amide bonds. The lowest BCUT2D eigenvalue weighted by Crippen LogP contribution is -2.52. The van der Waals surface area contributed by atoms with Crippen LogP contribution in [0.5, 0.6) is 0 Å². The van der Waals surface area contributed by atoms with Gasteiger partial charge in [0.1, 0.15) is 5.60 Å². The first-order valence-electron chi connectivity index (χ1n) is 12.0. The largest absolute Gasteiger partial charge is 0.465 e. The molecule has 2 atom stereocenters. The maximum Gasteiger partial charge on any atom is 0.407 e. The van der Waals surface area contributed by atoms with Crippen LogP contribution in [0, 0.1) is 0 Å². The summed E-state index contributed by atoms with van der Waals surface area (Å²) in [7, 11) is -2.17. The number of allylic oxidation sites excluding steroid dienone is 1. The number of hydrogen-bond acceptors (Lipinski definition) is 4. The standard InChI is InChI=1S/C26H44N2O5Si/c1-25(2,3)32-24(31)28-21(19-20-15-11-9-12-16-20)22(33-34(7,8)26(4,5)6)17-13-10-14-18-27-23(29)30/h9,11-13,15-17,21-22,27H,10,14,18-19H2,1-8H3,(H,28,31)(H,29,30)/b17-13+/t21-,22+/m0/s1. The van der Waals surface area contributed by atoms with Gasteiger partial charge in [0.25, 0.3) is 0 Å². The zero-order valence-corrected chi connectivity index (χ0v) is 23.1. The Kier molecular flexibility index (Phi) is 11.3. The van der Waals surface area contributed by atoms with Crippen LogP contribution in [0.2, 0.25) is 18.1 Å². The highest BCUT2D eigenvalue weighted by molar-refractivity contribution is 6.74. The van der Waals surface area contributed by atoms with Crippen molar-refractivity contribution >= 4 is 20.5 Å². The van der Waals surface area contributed by atoms with E-state index in [4.69, 9.17) is 14.3 Å². The van der Waals surface area contributed by atoms with Crippen molar-refractivity contribution in [3.05, 3.63) is 48.0 Å². The quantitative estimate of drug-likeness (QED) is 0.196. The third-order valence-electron chi connectivity index (χ3n) is 5.78. The van der Waals surface area contributed by atoms with Crippen LogP contribution in [0.4, 0.5) is 9.59 Å². The third-order valence-corrected chi connectivity index (χ3v) is 10.3. The molecule has 0 bridgehead atoms. The van der Waals surface area contributed by atoms with Gasteiger partial charge in [0.05, 0.1) is 12.1 Å². The number of carbonyl (C=O) groups excluding carboxylic acids is 1. The van der Waals surface area contributed by atoms with Crippen LogP contribution >= 0.6 is 0 Å². The zero-order chi connectivity index (χ0) is 26.0. The second-order valence-electron chi connectivity index (χ2n) is 11.1. The van der Waals surface area contributed by atoms with Crippen molar-refractivity contribution in [3.63, 3.8) is 0 Å². The lowest BCUT2D eigenvalue weighted by atomic mass is 10.0. The number of ether oxygens (including phenoxy) is 1. The number of amides is 2. The number of carbonyl (C=O) groups is 2. The molecule has 0 aliphatic carbocycles. The molecular formula is C26H44N2O5Si. The van der Waals surface area contributed by atoms with Crippen LogP contribution in [0.25, 0.3) is 0 Å². The summed E-state index contributed by atoms with van der Waals surface area (Å²) < 4.78 is 12.3. The Balaban J connectivity index is 3.17. The molecule has 192 valence electrons. The summed E-state index contributed by atoms with van der Waals surface area (Å²) in [4.78, 5) is 23.4. The van der Waals surface area contributed by atoms with E-state index in [9.17, 15) is 9.59 Å². The Morgan fingerprint density at radius 2 is 1.71 bits per heavy atom. The Labute approximate surface area is 206 Å². The smallest absolute Gasteiger partial charge is 0.407 e. The van der Waals surface area contributed by atoms with Crippen molar-refractivity contribution in [2.24, 2.45) is 0 Å². The van der Waals surface area contributed by atoms with E-state index in [1.165, 1.54) is 0 Å². The minimum atomic E-state index is -2.17. The highest BCUT2D eigenvalue weighted by atomic mass is 28.4. The molecule has 0 spiro atoms. The topological polar surface area (TPSA) is 96.9 Å². The lowest BCUT2D eigenvalue weighted by molar-refractivity contribution is 0.0460. The van der Waals surface area contributed by atoms with E-state index < -0.39 is 26.1 Å². The van der Waals surface area contributed by atoms with Crippen LogP contribution in [0.3, 0.4) is 0 Å². The summed E-state index contributed by atoms with van der Waals surface area (Å²) in [6.07, 6.45) is 4.12. The molecule has 34 heavy (non-hydrogen) atoms. The fourth-order valence-corrected chi connectivity index (χ4v) is 4.27. The van der Waals surface area contributed by atoms with Crippen LogP contribution in [0.1, 0.15) is 59.9 Å². The number of unbranched alkanes of at least 4 members (excludes halogenated alkanes) is 1. The molecule has 7 nitrogen and oxygen atoms in total. The molecule has 0 aliphatic rings. The maximum atomic E-state index is 12.7. The zero-order valence-electron chi connectivity index (χ0n) is 22.1. The average Bonchev–Trinajstić information content (AvgIpc) is 2.67. The third kappa shape index (κ3) is 11.7. The van der Waals surface area contributed by atoms with Crippen LogP contribution in [-0.2, 0) is 15.6 Å². The Bertz CT molecular complexity index is 798. The van der Waals surface area contributed by atoms with Gasteiger partial charge in [0.2, 0.25) is 0 Å². The van der Waals surface area contributed by atoms with Gasteiger partial charge in [-0.05, 0) is 63.7 Å². The Morgan fingerprint density at radius 3 is 2.24 bits per heavy atom. The van der Waals surface area contributed by atoms with Crippen molar-refractivity contribution in [2.45, 2.75) is 96.7 Å². The number of hydrogen-bond donors (Lipinski definition) is 3. The lowest BCUT2D eigenvalue weighted by Gasteiger charge is -2.41. The van der Waals surface area contributed by atoms with Crippen molar-refractivity contribution in [1.29, 1.82) is 0 Å². The number of carboxylic acid groups (broad SMARTS) is 1.